The minimum atomic E-state index is -1.22. The molecule has 3 N–H and O–H groups in total. The van der Waals surface area contributed by atoms with Gasteiger partial charge in [0.1, 0.15) is 5.69 Å². The van der Waals surface area contributed by atoms with E-state index >= 15 is 0 Å². The number of aromatic amines is 1. The largest absolute Gasteiger partial charge is 0.305 e. The van der Waals surface area contributed by atoms with E-state index in [0.29, 0.717) is 12.1 Å². The highest BCUT2D eigenvalue weighted by atomic mass is 35.5. The zero-order valence-corrected chi connectivity index (χ0v) is 13.5. The third-order valence-electron chi connectivity index (χ3n) is 3.12. The van der Waals surface area contributed by atoms with Gasteiger partial charge < -0.3 is 10.6 Å². The quantitative estimate of drug-likeness (QED) is 0.604. The Morgan fingerprint density at radius 3 is 2.46 bits per heavy atom. The molecule has 3 aromatic rings. The summed E-state index contributed by atoms with van der Waals surface area (Å²) in [5.41, 5.74) is -0.249. The molecular formula is C15H9ClF2N6O2. The van der Waals surface area contributed by atoms with Crippen LogP contribution in [0.2, 0.25) is 5.02 Å². The van der Waals surface area contributed by atoms with Gasteiger partial charge in [-0.15, -0.1) is 0 Å². The normalized spacial score (nSPS) is 10.4. The van der Waals surface area contributed by atoms with Gasteiger partial charge in [-0.25, -0.2) is 13.8 Å². The second-order valence-electron chi connectivity index (χ2n) is 4.91. The van der Waals surface area contributed by atoms with Crippen LogP contribution in [0.4, 0.5) is 20.4 Å². The third-order valence-corrected chi connectivity index (χ3v) is 3.44. The fourth-order valence-electron chi connectivity index (χ4n) is 1.93. The summed E-state index contributed by atoms with van der Waals surface area (Å²) in [5.74, 6) is -3.56. The third kappa shape index (κ3) is 3.81. The Hall–Kier alpha value is -3.40. The van der Waals surface area contributed by atoms with Gasteiger partial charge in [0.05, 0.1) is 16.8 Å². The minimum Gasteiger partial charge on any atom is -0.305 e. The lowest BCUT2D eigenvalue weighted by molar-refractivity contribution is 0.101. The number of nitrogens with one attached hydrogen (secondary N) is 3. The van der Waals surface area contributed by atoms with E-state index in [-0.39, 0.29) is 27.9 Å². The number of hydrogen-bond donors (Lipinski definition) is 3. The first-order valence-electron chi connectivity index (χ1n) is 7.02. The highest BCUT2D eigenvalue weighted by molar-refractivity contribution is 6.34. The molecule has 0 fully saturated rings. The summed E-state index contributed by atoms with van der Waals surface area (Å²) in [4.78, 5) is 31.8. The van der Waals surface area contributed by atoms with Crippen molar-refractivity contribution < 1.29 is 18.4 Å². The van der Waals surface area contributed by atoms with Gasteiger partial charge in [-0.05, 0) is 12.1 Å². The maximum Gasteiger partial charge on any atom is 0.274 e. The molecule has 2 amide bonds. The Morgan fingerprint density at radius 1 is 1.00 bits per heavy atom. The van der Waals surface area contributed by atoms with Gasteiger partial charge in [-0.1, -0.05) is 11.6 Å². The van der Waals surface area contributed by atoms with Crippen LogP contribution in [-0.2, 0) is 0 Å². The zero-order valence-electron chi connectivity index (χ0n) is 12.8. The molecule has 0 atom stereocenters. The number of rotatable bonds is 4. The number of hydrogen-bond acceptors (Lipinski definition) is 5. The Labute approximate surface area is 149 Å². The Bertz CT molecular complexity index is 980. The average molecular weight is 379 g/mol. The van der Waals surface area contributed by atoms with Crippen LogP contribution in [0.1, 0.15) is 20.8 Å². The van der Waals surface area contributed by atoms with Crippen molar-refractivity contribution in [3.8, 4) is 0 Å². The van der Waals surface area contributed by atoms with Gasteiger partial charge in [0.15, 0.2) is 23.3 Å². The number of carbonyl (C=O) groups excluding carboxylic acids is 2. The highest BCUT2D eigenvalue weighted by Crippen LogP contribution is 2.21. The van der Waals surface area contributed by atoms with Crippen LogP contribution < -0.4 is 10.6 Å². The lowest BCUT2D eigenvalue weighted by Gasteiger charge is -2.05. The molecule has 2 heterocycles. The SMILES string of the molecule is O=C(Nc1cnccn1)c1cc(NC(=O)c2cc(F)c(F)cc2Cl)n[nH]1. The van der Waals surface area contributed by atoms with Crippen molar-refractivity contribution in [2.75, 3.05) is 10.6 Å². The fourth-order valence-corrected chi connectivity index (χ4v) is 2.17. The second-order valence-corrected chi connectivity index (χ2v) is 5.32. The summed E-state index contributed by atoms with van der Waals surface area (Å²) in [5, 5.41) is 10.7. The van der Waals surface area contributed by atoms with E-state index in [1.807, 2.05) is 0 Å². The van der Waals surface area contributed by atoms with E-state index in [1.165, 1.54) is 24.7 Å². The lowest BCUT2D eigenvalue weighted by atomic mass is 10.2. The van der Waals surface area contributed by atoms with Gasteiger partial charge in [-0.2, -0.15) is 5.10 Å². The number of amides is 2. The zero-order chi connectivity index (χ0) is 18.7. The number of carbonyl (C=O) groups is 2. The molecule has 0 saturated heterocycles. The maximum absolute atomic E-state index is 13.3. The number of aromatic nitrogens is 4. The monoisotopic (exact) mass is 378 g/mol. The molecule has 1 aromatic carbocycles. The summed E-state index contributed by atoms with van der Waals surface area (Å²) in [6.07, 6.45) is 4.20. The first-order valence-corrected chi connectivity index (χ1v) is 7.40. The molecule has 8 nitrogen and oxygen atoms in total. The molecule has 0 aliphatic rings. The first kappa shape index (κ1) is 17.4. The maximum atomic E-state index is 13.3. The van der Waals surface area contributed by atoms with Crippen molar-refractivity contribution >= 4 is 35.1 Å². The number of H-pyrrole nitrogens is 1. The molecule has 2 aromatic heterocycles. The van der Waals surface area contributed by atoms with Crippen LogP contribution in [0, 0.1) is 11.6 Å². The molecule has 0 bridgehead atoms. The van der Waals surface area contributed by atoms with Crippen molar-refractivity contribution in [3.63, 3.8) is 0 Å². The van der Waals surface area contributed by atoms with Crippen LogP contribution in [0.25, 0.3) is 0 Å². The number of benzene rings is 1. The van der Waals surface area contributed by atoms with Gasteiger partial charge in [0.2, 0.25) is 0 Å². The molecule has 0 aliphatic heterocycles. The van der Waals surface area contributed by atoms with Crippen LogP contribution in [0.5, 0.6) is 0 Å². The van der Waals surface area contributed by atoms with Crippen LogP contribution >= 0.6 is 11.6 Å². The van der Waals surface area contributed by atoms with Gasteiger partial charge >= 0.3 is 0 Å². The predicted octanol–water partition coefficient (Wildman–Crippen LogP) is 2.64. The van der Waals surface area contributed by atoms with Crippen LogP contribution in [-0.4, -0.2) is 32.0 Å². The highest BCUT2D eigenvalue weighted by Gasteiger charge is 2.17. The molecule has 0 aliphatic carbocycles. The van der Waals surface area contributed by atoms with E-state index < -0.39 is 23.4 Å². The molecule has 0 spiro atoms. The van der Waals surface area contributed by atoms with E-state index in [4.69, 9.17) is 11.6 Å². The van der Waals surface area contributed by atoms with E-state index in [2.05, 4.69) is 30.8 Å². The van der Waals surface area contributed by atoms with Crippen molar-refractivity contribution in [2.45, 2.75) is 0 Å². The summed E-state index contributed by atoms with van der Waals surface area (Å²) in [7, 11) is 0. The summed E-state index contributed by atoms with van der Waals surface area (Å²) >= 11 is 5.74. The lowest BCUT2D eigenvalue weighted by Crippen LogP contribution is -2.14. The van der Waals surface area contributed by atoms with Crippen molar-refractivity contribution in [1.29, 1.82) is 0 Å². The Morgan fingerprint density at radius 2 is 1.73 bits per heavy atom. The molecule has 0 unspecified atom stereocenters. The Kier molecular flexibility index (Phi) is 4.85. The topological polar surface area (TPSA) is 113 Å². The standard InChI is InChI=1S/C15H9ClF2N6O2/c16-8-4-10(18)9(17)3-7(8)14(25)21-12-5-11(23-24-12)15(26)22-13-6-19-1-2-20-13/h1-6H,(H,20,22,26)(H2,21,23,24,25). The molecule has 132 valence electrons. The van der Waals surface area contributed by atoms with Gasteiger partial charge in [0.25, 0.3) is 11.8 Å². The van der Waals surface area contributed by atoms with E-state index in [9.17, 15) is 18.4 Å². The number of halogens is 3. The van der Waals surface area contributed by atoms with Crippen LogP contribution in [0.3, 0.4) is 0 Å². The van der Waals surface area contributed by atoms with Crippen molar-refractivity contribution in [2.24, 2.45) is 0 Å². The van der Waals surface area contributed by atoms with Gasteiger partial charge in [0, 0.05) is 18.5 Å². The molecular weight excluding hydrogens is 370 g/mol. The molecule has 26 heavy (non-hydrogen) atoms. The number of nitrogens with zero attached hydrogens (tertiary/aromatic N) is 3. The fraction of sp³-hybridized carbons (Fsp3) is 0. The predicted molar refractivity (Wildman–Crippen MR) is 87.9 cm³/mol. The van der Waals surface area contributed by atoms with E-state index in [1.54, 1.807) is 0 Å². The summed E-state index contributed by atoms with van der Waals surface area (Å²) < 4.78 is 26.3. The van der Waals surface area contributed by atoms with Gasteiger partial charge in [-0.3, -0.25) is 19.7 Å². The summed E-state index contributed by atoms with van der Waals surface area (Å²) in [6.45, 7) is 0. The van der Waals surface area contributed by atoms with Crippen molar-refractivity contribution in [3.05, 3.63) is 64.7 Å². The summed E-state index contributed by atoms with van der Waals surface area (Å²) in [6, 6.07) is 2.61. The van der Waals surface area contributed by atoms with Crippen LogP contribution in [0.15, 0.2) is 36.8 Å². The molecule has 0 radical (unpaired) electrons. The second kappa shape index (κ2) is 7.23. The minimum absolute atomic E-state index is 0.0138. The average Bonchev–Trinajstić information content (AvgIpc) is 3.07. The molecule has 11 heteroatoms. The number of anilines is 2. The van der Waals surface area contributed by atoms with Crippen molar-refractivity contribution in [1.82, 2.24) is 20.2 Å². The smallest absolute Gasteiger partial charge is 0.274 e. The van der Waals surface area contributed by atoms with E-state index in [0.717, 1.165) is 0 Å². The molecule has 0 saturated carbocycles. The Balaban J connectivity index is 1.71. The molecule has 3 rings (SSSR count). The first-order chi connectivity index (χ1) is 12.4.